The molecular weight excluding hydrogens is 294 g/mol. The summed E-state index contributed by atoms with van der Waals surface area (Å²) >= 11 is 0. The standard InChI is InChI=1S/C22H23NO/c1-4-6-17-8-11-19(12-9-17)21(7-5-2)22(24)20-13-10-18(15-23)14-16(20)3/h5,8-14,21H,2,4,6-7H2,1,3H3. The number of ketones is 1. The highest BCUT2D eigenvalue weighted by Crippen LogP contribution is 2.27. The van der Waals surface area contributed by atoms with Gasteiger partial charge in [0.05, 0.1) is 17.6 Å². The summed E-state index contributed by atoms with van der Waals surface area (Å²) < 4.78 is 0. The number of carbonyl (C=O) groups is 1. The van der Waals surface area contributed by atoms with E-state index in [1.807, 2.05) is 6.92 Å². The molecule has 0 aromatic heterocycles. The summed E-state index contributed by atoms with van der Waals surface area (Å²) in [6.45, 7) is 7.84. The fourth-order valence-electron chi connectivity index (χ4n) is 2.96. The highest BCUT2D eigenvalue weighted by Gasteiger charge is 2.22. The van der Waals surface area contributed by atoms with Crippen molar-refractivity contribution >= 4 is 5.78 Å². The van der Waals surface area contributed by atoms with Crippen molar-refractivity contribution in [2.75, 3.05) is 0 Å². The third kappa shape index (κ3) is 4.00. The molecule has 1 atom stereocenters. The second-order valence-electron chi connectivity index (χ2n) is 6.07. The number of aryl methyl sites for hydroxylation is 2. The Kier molecular flexibility index (Phi) is 6.09. The van der Waals surface area contributed by atoms with Gasteiger partial charge >= 0.3 is 0 Å². The Morgan fingerprint density at radius 2 is 1.96 bits per heavy atom. The molecule has 24 heavy (non-hydrogen) atoms. The van der Waals surface area contributed by atoms with E-state index in [4.69, 9.17) is 5.26 Å². The summed E-state index contributed by atoms with van der Waals surface area (Å²) in [7, 11) is 0. The molecule has 0 aliphatic carbocycles. The molecular formula is C22H23NO. The van der Waals surface area contributed by atoms with E-state index in [1.165, 1.54) is 5.56 Å². The predicted molar refractivity (Wildman–Crippen MR) is 98.2 cm³/mol. The maximum absolute atomic E-state index is 13.0. The van der Waals surface area contributed by atoms with Crippen molar-refractivity contribution in [3.8, 4) is 6.07 Å². The number of allylic oxidation sites excluding steroid dienone is 1. The highest BCUT2D eigenvalue weighted by atomic mass is 16.1. The fraction of sp³-hybridized carbons (Fsp3) is 0.273. The van der Waals surface area contributed by atoms with Crippen LogP contribution in [0.4, 0.5) is 0 Å². The fourth-order valence-corrected chi connectivity index (χ4v) is 2.96. The van der Waals surface area contributed by atoms with Crippen LogP contribution < -0.4 is 0 Å². The number of carbonyl (C=O) groups excluding carboxylic acids is 1. The van der Waals surface area contributed by atoms with Crippen LogP contribution in [-0.4, -0.2) is 5.78 Å². The quantitative estimate of drug-likeness (QED) is 0.509. The summed E-state index contributed by atoms with van der Waals surface area (Å²) in [6, 6.07) is 15.7. The minimum atomic E-state index is -0.232. The predicted octanol–water partition coefficient (Wildman–Crippen LogP) is 5.36. The van der Waals surface area contributed by atoms with Gasteiger partial charge in [-0.15, -0.1) is 6.58 Å². The van der Waals surface area contributed by atoms with Gasteiger partial charge in [-0.2, -0.15) is 5.26 Å². The van der Waals surface area contributed by atoms with E-state index in [2.05, 4.69) is 43.8 Å². The number of hydrogen-bond donors (Lipinski definition) is 0. The normalized spacial score (nSPS) is 11.5. The molecule has 2 aromatic rings. The van der Waals surface area contributed by atoms with E-state index in [1.54, 1.807) is 24.3 Å². The Hall–Kier alpha value is -2.66. The van der Waals surface area contributed by atoms with Crippen molar-refractivity contribution in [2.24, 2.45) is 0 Å². The Balaban J connectivity index is 2.34. The maximum atomic E-state index is 13.0. The van der Waals surface area contributed by atoms with Crippen molar-refractivity contribution in [3.63, 3.8) is 0 Å². The van der Waals surface area contributed by atoms with Gasteiger partial charge in [0, 0.05) is 5.56 Å². The summed E-state index contributed by atoms with van der Waals surface area (Å²) in [5, 5.41) is 8.98. The van der Waals surface area contributed by atoms with E-state index in [-0.39, 0.29) is 11.7 Å². The molecule has 0 radical (unpaired) electrons. The van der Waals surface area contributed by atoms with Crippen LogP contribution in [0.3, 0.4) is 0 Å². The molecule has 0 aliphatic heterocycles. The van der Waals surface area contributed by atoms with Crippen molar-refractivity contribution in [1.82, 2.24) is 0 Å². The van der Waals surface area contributed by atoms with Crippen LogP contribution in [0.1, 0.15) is 58.3 Å². The van der Waals surface area contributed by atoms with Crippen LogP contribution in [0.5, 0.6) is 0 Å². The highest BCUT2D eigenvalue weighted by molar-refractivity contribution is 6.02. The molecule has 0 saturated carbocycles. The van der Waals surface area contributed by atoms with Crippen LogP contribution in [-0.2, 0) is 6.42 Å². The summed E-state index contributed by atoms with van der Waals surface area (Å²) in [5.74, 6) is -0.148. The molecule has 0 spiro atoms. The van der Waals surface area contributed by atoms with E-state index >= 15 is 0 Å². The maximum Gasteiger partial charge on any atom is 0.170 e. The molecule has 0 bridgehead atoms. The largest absolute Gasteiger partial charge is 0.293 e. The summed E-state index contributed by atoms with van der Waals surface area (Å²) in [5.41, 5.74) is 4.41. The second-order valence-corrected chi connectivity index (χ2v) is 6.07. The Bertz CT molecular complexity index is 766. The number of Topliss-reactive ketones (excluding diaryl/α,β-unsaturated/α-hetero) is 1. The van der Waals surface area contributed by atoms with Gasteiger partial charge < -0.3 is 0 Å². The van der Waals surface area contributed by atoms with Crippen LogP contribution in [0.15, 0.2) is 55.1 Å². The SMILES string of the molecule is C=CCC(C(=O)c1ccc(C#N)cc1C)c1ccc(CCC)cc1. The van der Waals surface area contributed by atoms with Crippen LogP contribution in [0, 0.1) is 18.3 Å². The molecule has 2 heteroatoms. The summed E-state index contributed by atoms with van der Waals surface area (Å²) in [4.78, 5) is 13.0. The number of hydrogen-bond acceptors (Lipinski definition) is 2. The minimum Gasteiger partial charge on any atom is -0.293 e. The van der Waals surface area contributed by atoms with Crippen LogP contribution in [0.2, 0.25) is 0 Å². The van der Waals surface area contributed by atoms with Gasteiger partial charge in [0.25, 0.3) is 0 Å². The Morgan fingerprint density at radius 3 is 2.50 bits per heavy atom. The topological polar surface area (TPSA) is 40.9 Å². The molecule has 2 rings (SSSR count). The number of nitriles is 1. The molecule has 122 valence electrons. The first-order chi connectivity index (χ1) is 11.6. The van der Waals surface area contributed by atoms with Crippen molar-refractivity contribution in [1.29, 1.82) is 5.26 Å². The zero-order valence-electron chi connectivity index (χ0n) is 14.4. The molecule has 0 heterocycles. The minimum absolute atomic E-state index is 0.0835. The van der Waals surface area contributed by atoms with E-state index in [0.29, 0.717) is 17.5 Å². The van der Waals surface area contributed by atoms with Gasteiger partial charge in [-0.05, 0) is 54.7 Å². The van der Waals surface area contributed by atoms with Gasteiger partial charge in [-0.25, -0.2) is 0 Å². The third-order valence-electron chi connectivity index (χ3n) is 4.26. The third-order valence-corrected chi connectivity index (χ3v) is 4.26. The lowest BCUT2D eigenvalue weighted by molar-refractivity contribution is 0.0959. The molecule has 0 fully saturated rings. The van der Waals surface area contributed by atoms with E-state index in [9.17, 15) is 4.79 Å². The average Bonchev–Trinajstić information content (AvgIpc) is 2.60. The molecule has 0 saturated heterocycles. The number of rotatable bonds is 7. The lowest BCUT2D eigenvalue weighted by Gasteiger charge is -2.16. The number of nitrogens with zero attached hydrogens (tertiary/aromatic N) is 1. The smallest absolute Gasteiger partial charge is 0.170 e. The van der Waals surface area contributed by atoms with Crippen molar-refractivity contribution in [2.45, 2.75) is 39.0 Å². The molecule has 0 N–H and O–H groups in total. The van der Waals surface area contributed by atoms with Crippen molar-refractivity contribution in [3.05, 3.63) is 82.9 Å². The lowest BCUT2D eigenvalue weighted by atomic mass is 9.86. The molecule has 1 unspecified atom stereocenters. The average molecular weight is 317 g/mol. The molecule has 0 amide bonds. The summed E-state index contributed by atoms with van der Waals surface area (Å²) in [6.07, 6.45) is 4.56. The zero-order valence-corrected chi connectivity index (χ0v) is 14.4. The molecule has 0 aliphatic rings. The molecule has 2 nitrogen and oxygen atoms in total. The van der Waals surface area contributed by atoms with Gasteiger partial charge in [-0.3, -0.25) is 4.79 Å². The van der Waals surface area contributed by atoms with Gasteiger partial charge in [-0.1, -0.05) is 43.7 Å². The van der Waals surface area contributed by atoms with Crippen molar-refractivity contribution < 1.29 is 4.79 Å². The molecule has 2 aromatic carbocycles. The van der Waals surface area contributed by atoms with Crippen LogP contribution >= 0.6 is 0 Å². The second kappa shape index (κ2) is 8.26. The van der Waals surface area contributed by atoms with Gasteiger partial charge in [0.15, 0.2) is 5.78 Å². The zero-order chi connectivity index (χ0) is 17.5. The first-order valence-corrected chi connectivity index (χ1v) is 8.35. The van der Waals surface area contributed by atoms with Gasteiger partial charge in [0.1, 0.15) is 0 Å². The number of benzene rings is 2. The Morgan fingerprint density at radius 1 is 1.25 bits per heavy atom. The lowest BCUT2D eigenvalue weighted by Crippen LogP contribution is -2.14. The Labute approximate surface area is 144 Å². The van der Waals surface area contributed by atoms with Gasteiger partial charge in [0.2, 0.25) is 0 Å². The van der Waals surface area contributed by atoms with Crippen LogP contribution in [0.25, 0.3) is 0 Å². The monoisotopic (exact) mass is 317 g/mol. The van der Waals surface area contributed by atoms with E-state index in [0.717, 1.165) is 24.0 Å². The first kappa shape index (κ1) is 17.7. The van der Waals surface area contributed by atoms with E-state index < -0.39 is 0 Å². The first-order valence-electron chi connectivity index (χ1n) is 8.35.